The number of rotatable bonds is 3. The van der Waals surface area contributed by atoms with Crippen molar-refractivity contribution in [3.63, 3.8) is 0 Å². The smallest absolute Gasteiger partial charge is 0.256 e. The molecule has 4 rings (SSSR count). The van der Waals surface area contributed by atoms with Crippen molar-refractivity contribution >= 4 is 23.2 Å². The Morgan fingerprint density at radius 1 is 0.857 bits per heavy atom. The summed E-state index contributed by atoms with van der Waals surface area (Å²) in [4.78, 5) is 12.8. The third-order valence-corrected chi connectivity index (χ3v) is 4.47. The zero-order chi connectivity index (χ0) is 19.8. The van der Waals surface area contributed by atoms with E-state index in [4.69, 9.17) is 16.0 Å². The van der Waals surface area contributed by atoms with Gasteiger partial charge in [0.2, 0.25) is 0 Å². The van der Waals surface area contributed by atoms with E-state index in [9.17, 15) is 20.1 Å². The summed E-state index contributed by atoms with van der Waals surface area (Å²) < 4.78 is 5.49. The van der Waals surface area contributed by atoms with Gasteiger partial charge >= 0.3 is 0 Å². The number of phenolic OH excluding ortho intramolecular Hbond substituents is 2. The lowest BCUT2D eigenvalue weighted by atomic mass is 10.1. The van der Waals surface area contributed by atoms with Gasteiger partial charge in [0.05, 0.1) is 5.56 Å². The van der Waals surface area contributed by atoms with Crippen LogP contribution in [0.25, 0.3) is 22.5 Å². The second kappa shape index (κ2) is 6.83. The highest BCUT2D eigenvalue weighted by atomic mass is 35.5. The zero-order valence-electron chi connectivity index (χ0n) is 14.3. The van der Waals surface area contributed by atoms with Crippen LogP contribution in [0, 0.1) is 0 Å². The minimum absolute atomic E-state index is 0.129. The predicted octanol–water partition coefficient (Wildman–Crippen LogP) is 5.07. The van der Waals surface area contributed by atoms with Crippen LogP contribution in [0.5, 0.6) is 17.2 Å². The lowest BCUT2D eigenvalue weighted by molar-refractivity contribution is 0.102. The molecule has 0 saturated carbocycles. The average Bonchev–Trinajstić information content (AvgIpc) is 3.01. The van der Waals surface area contributed by atoms with Gasteiger partial charge in [-0.2, -0.15) is 0 Å². The normalized spacial score (nSPS) is 10.9. The minimum atomic E-state index is -0.413. The maximum Gasteiger partial charge on any atom is 0.256 e. The number of carbonyl (C=O) groups is 1. The number of halogens is 1. The fourth-order valence-corrected chi connectivity index (χ4v) is 3.14. The molecule has 1 aliphatic heterocycles. The van der Waals surface area contributed by atoms with Crippen molar-refractivity contribution < 1.29 is 24.5 Å². The summed E-state index contributed by atoms with van der Waals surface area (Å²) in [5, 5.41) is 32.7. The van der Waals surface area contributed by atoms with Gasteiger partial charge in [-0.15, -0.1) is 0 Å². The van der Waals surface area contributed by atoms with Crippen LogP contribution in [-0.4, -0.2) is 21.2 Å². The Hall–Kier alpha value is -3.64. The predicted molar refractivity (Wildman–Crippen MR) is 105 cm³/mol. The maximum atomic E-state index is 12.8. The standard InChI is InChI=1S/C21H14ClNO5/c22-12-1-3-13(4-2-12)23-21(27)19-9-17(11-5-14(24)7-15(25)6-11)20-18(19)8-16(26)10-28-20/h1-10,24-26H,(H,23,27). The van der Waals surface area contributed by atoms with Gasteiger partial charge in [-0.05, 0) is 54.1 Å². The van der Waals surface area contributed by atoms with Crippen LogP contribution in [0.2, 0.25) is 5.02 Å². The fraction of sp³-hybridized carbons (Fsp3) is 0. The van der Waals surface area contributed by atoms with E-state index in [1.54, 1.807) is 30.3 Å². The van der Waals surface area contributed by atoms with Crippen LogP contribution in [0.4, 0.5) is 5.69 Å². The largest absolute Gasteiger partial charge is 0.508 e. The average molecular weight is 396 g/mol. The molecule has 0 saturated heterocycles. The quantitative estimate of drug-likeness (QED) is 0.387. The highest BCUT2D eigenvalue weighted by Crippen LogP contribution is 2.42. The van der Waals surface area contributed by atoms with E-state index in [1.165, 1.54) is 24.3 Å². The van der Waals surface area contributed by atoms with Gasteiger partial charge in [-0.25, -0.2) is 0 Å². The number of aromatic hydroxyl groups is 3. The topological polar surface area (TPSA) is 103 Å². The van der Waals surface area contributed by atoms with Gasteiger partial charge in [0, 0.05) is 27.9 Å². The molecule has 0 unspecified atom stereocenters. The molecule has 0 aromatic heterocycles. The minimum Gasteiger partial charge on any atom is -0.508 e. The van der Waals surface area contributed by atoms with Crippen LogP contribution >= 0.6 is 11.6 Å². The molecule has 0 radical (unpaired) electrons. The Balaban J connectivity index is 1.81. The molecule has 0 fully saturated rings. The fourth-order valence-electron chi connectivity index (χ4n) is 3.01. The summed E-state index contributed by atoms with van der Waals surface area (Å²) in [6.07, 6.45) is 1.15. The molecule has 6 nitrogen and oxygen atoms in total. The molecule has 2 aromatic carbocycles. The number of phenols is 2. The summed E-state index contributed by atoms with van der Waals surface area (Å²) in [5.74, 6) is -0.470. The van der Waals surface area contributed by atoms with Gasteiger partial charge in [-0.1, -0.05) is 11.6 Å². The molecule has 2 aromatic rings. The van der Waals surface area contributed by atoms with E-state index in [-0.39, 0.29) is 22.8 Å². The molecular weight excluding hydrogens is 382 g/mol. The van der Waals surface area contributed by atoms with E-state index >= 15 is 0 Å². The summed E-state index contributed by atoms with van der Waals surface area (Å²) in [5.41, 5.74) is 2.16. The molecule has 0 spiro atoms. The van der Waals surface area contributed by atoms with Gasteiger partial charge in [0.25, 0.3) is 5.91 Å². The summed E-state index contributed by atoms with van der Waals surface area (Å²) in [7, 11) is 0. The van der Waals surface area contributed by atoms with Crippen LogP contribution in [-0.2, 0) is 0 Å². The highest BCUT2D eigenvalue weighted by molar-refractivity contribution is 6.30. The lowest BCUT2D eigenvalue weighted by Gasteiger charge is -2.07. The van der Waals surface area contributed by atoms with Gasteiger partial charge in [0.15, 0.2) is 5.75 Å². The molecule has 140 valence electrons. The van der Waals surface area contributed by atoms with Crippen molar-refractivity contribution in [2.75, 3.05) is 5.32 Å². The molecular formula is C21H14ClNO5. The first kappa shape index (κ1) is 17.8. The van der Waals surface area contributed by atoms with Crippen LogP contribution in [0.15, 0.2) is 65.3 Å². The Bertz CT molecular complexity index is 1130. The molecule has 1 aliphatic carbocycles. The van der Waals surface area contributed by atoms with E-state index in [2.05, 4.69) is 5.32 Å². The second-order valence-corrected chi connectivity index (χ2v) is 6.65. The van der Waals surface area contributed by atoms with Crippen molar-refractivity contribution in [3.05, 3.63) is 71.4 Å². The van der Waals surface area contributed by atoms with Crippen LogP contribution < -0.4 is 5.32 Å². The number of amides is 1. The number of hydrogen-bond donors (Lipinski definition) is 4. The zero-order valence-corrected chi connectivity index (χ0v) is 15.1. The van der Waals surface area contributed by atoms with E-state index < -0.39 is 5.91 Å². The van der Waals surface area contributed by atoms with E-state index in [0.29, 0.717) is 33.2 Å². The Labute approximate surface area is 164 Å². The maximum absolute atomic E-state index is 12.8. The first-order valence-corrected chi connectivity index (χ1v) is 8.63. The second-order valence-electron chi connectivity index (χ2n) is 6.22. The summed E-state index contributed by atoms with van der Waals surface area (Å²) in [6.45, 7) is 0. The van der Waals surface area contributed by atoms with Crippen molar-refractivity contribution in [1.29, 1.82) is 0 Å². The monoisotopic (exact) mass is 395 g/mol. The number of carbonyl (C=O) groups excluding carboxylic acids is 1. The number of nitrogens with one attached hydrogen (secondary N) is 1. The third kappa shape index (κ3) is 3.33. The molecule has 0 atom stereocenters. The SMILES string of the molecule is O=C(Nc1ccc(Cl)cc1)c1cc(-c2cc(O)cc(O)c2)c2occ(O)cc1-2. The van der Waals surface area contributed by atoms with Crippen molar-refractivity contribution in [3.8, 4) is 39.7 Å². The number of fused-ring (bicyclic) bond motifs is 1. The van der Waals surface area contributed by atoms with E-state index in [1.807, 2.05) is 0 Å². The third-order valence-electron chi connectivity index (χ3n) is 4.22. The van der Waals surface area contributed by atoms with Gasteiger partial charge in [0.1, 0.15) is 23.5 Å². The Morgan fingerprint density at radius 3 is 2.21 bits per heavy atom. The molecule has 4 N–H and O–H groups in total. The van der Waals surface area contributed by atoms with Gasteiger partial charge < -0.3 is 25.1 Å². The van der Waals surface area contributed by atoms with Crippen molar-refractivity contribution in [2.45, 2.75) is 0 Å². The van der Waals surface area contributed by atoms with Crippen LogP contribution in [0.1, 0.15) is 10.4 Å². The van der Waals surface area contributed by atoms with Crippen molar-refractivity contribution in [2.24, 2.45) is 0 Å². The van der Waals surface area contributed by atoms with Crippen molar-refractivity contribution in [1.82, 2.24) is 0 Å². The van der Waals surface area contributed by atoms with Gasteiger partial charge in [-0.3, -0.25) is 4.79 Å². The summed E-state index contributed by atoms with van der Waals surface area (Å²) in [6, 6.07) is 13.7. The molecule has 1 amide bonds. The molecule has 28 heavy (non-hydrogen) atoms. The van der Waals surface area contributed by atoms with E-state index in [0.717, 1.165) is 6.26 Å². The molecule has 0 bridgehead atoms. The highest BCUT2D eigenvalue weighted by Gasteiger charge is 2.25. The number of benzene rings is 2. The number of anilines is 1. The summed E-state index contributed by atoms with van der Waals surface area (Å²) >= 11 is 5.86. The molecule has 7 heteroatoms. The lowest BCUT2D eigenvalue weighted by Crippen LogP contribution is -2.11. The Kier molecular flexibility index (Phi) is 4.33. The number of hydrogen-bond acceptors (Lipinski definition) is 5. The Morgan fingerprint density at radius 2 is 1.54 bits per heavy atom. The van der Waals surface area contributed by atoms with Crippen LogP contribution in [0.3, 0.4) is 0 Å². The first-order valence-electron chi connectivity index (χ1n) is 8.25. The first-order chi connectivity index (χ1) is 13.4. The molecule has 2 aliphatic rings. The molecule has 1 heterocycles.